The highest BCUT2D eigenvalue weighted by Gasteiger charge is 2.45. The molecule has 0 aromatic heterocycles. The highest BCUT2D eigenvalue weighted by Crippen LogP contribution is 2.40. The highest BCUT2D eigenvalue weighted by atomic mass is 35.5. The summed E-state index contributed by atoms with van der Waals surface area (Å²) in [6, 6.07) is 11.2. The molecule has 1 heterocycles. The van der Waals surface area contributed by atoms with E-state index in [9.17, 15) is 14.7 Å². The monoisotopic (exact) mass is 458 g/mol. The molecule has 170 valence electrons. The van der Waals surface area contributed by atoms with Gasteiger partial charge < -0.3 is 24.4 Å². The van der Waals surface area contributed by atoms with Crippen LogP contribution in [0.1, 0.15) is 24.1 Å². The molecule has 0 saturated carbocycles. The van der Waals surface area contributed by atoms with Crippen LogP contribution in [-0.2, 0) is 9.59 Å². The molecule has 2 aromatic rings. The molecule has 1 saturated heterocycles. The number of aliphatic hydroxyl groups excluding tert-OH is 1. The summed E-state index contributed by atoms with van der Waals surface area (Å²) >= 11 is 6.10. The lowest BCUT2D eigenvalue weighted by atomic mass is 9.95. The Bertz CT molecular complexity index is 1030. The van der Waals surface area contributed by atoms with Gasteiger partial charge in [-0.2, -0.15) is 0 Å². The van der Waals surface area contributed by atoms with E-state index in [1.54, 1.807) is 42.5 Å². The van der Waals surface area contributed by atoms with Crippen molar-refractivity contribution in [2.45, 2.75) is 13.0 Å². The maximum atomic E-state index is 13.0. The molecule has 1 unspecified atom stereocenters. The van der Waals surface area contributed by atoms with Gasteiger partial charge in [-0.05, 0) is 56.9 Å². The first-order chi connectivity index (χ1) is 15.3. The first-order valence-corrected chi connectivity index (χ1v) is 10.7. The quantitative estimate of drug-likeness (QED) is 0.369. The number of methoxy groups -OCH3 is 1. The van der Waals surface area contributed by atoms with Gasteiger partial charge in [0.1, 0.15) is 17.3 Å². The summed E-state index contributed by atoms with van der Waals surface area (Å²) in [6.07, 6.45) is 0. The van der Waals surface area contributed by atoms with Gasteiger partial charge in [0.2, 0.25) is 0 Å². The lowest BCUT2D eigenvalue weighted by molar-refractivity contribution is -0.140. The van der Waals surface area contributed by atoms with Crippen LogP contribution < -0.4 is 9.47 Å². The first-order valence-electron chi connectivity index (χ1n) is 10.3. The van der Waals surface area contributed by atoms with E-state index in [2.05, 4.69) is 0 Å². The Balaban J connectivity index is 2.13. The van der Waals surface area contributed by atoms with Crippen molar-refractivity contribution in [3.63, 3.8) is 0 Å². The highest BCUT2D eigenvalue weighted by molar-refractivity contribution is 6.46. The summed E-state index contributed by atoms with van der Waals surface area (Å²) in [5, 5.41) is 11.5. The summed E-state index contributed by atoms with van der Waals surface area (Å²) in [5.74, 6) is -0.606. The van der Waals surface area contributed by atoms with Crippen molar-refractivity contribution in [3.8, 4) is 11.5 Å². The number of aliphatic hydroxyl groups is 1. The average molecular weight is 459 g/mol. The number of benzene rings is 2. The molecule has 7 nitrogen and oxygen atoms in total. The number of nitrogens with zero attached hydrogens (tertiary/aromatic N) is 2. The zero-order valence-electron chi connectivity index (χ0n) is 18.6. The predicted octanol–water partition coefficient (Wildman–Crippen LogP) is 3.73. The lowest BCUT2D eigenvalue weighted by Gasteiger charge is -2.26. The summed E-state index contributed by atoms with van der Waals surface area (Å²) in [5.41, 5.74) is 1.07. The number of carbonyl (C=O) groups excluding carboxylic acids is 2. The second kappa shape index (κ2) is 10.1. The van der Waals surface area contributed by atoms with Crippen LogP contribution in [-0.4, -0.2) is 67.5 Å². The van der Waals surface area contributed by atoms with E-state index in [1.165, 1.54) is 12.0 Å². The van der Waals surface area contributed by atoms with E-state index in [4.69, 9.17) is 21.1 Å². The van der Waals surface area contributed by atoms with Gasteiger partial charge in [0.15, 0.2) is 0 Å². The van der Waals surface area contributed by atoms with Gasteiger partial charge in [-0.25, -0.2) is 0 Å². The van der Waals surface area contributed by atoms with Crippen LogP contribution in [0.15, 0.2) is 48.0 Å². The predicted molar refractivity (Wildman–Crippen MR) is 123 cm³/mol. The molecule has 1 aliphatic rings. The molecule has 0 aliphatic carbocycles. The number of halogens is 1. The number of hydrogen-bond acceptors (Lipinski definition) is 6. The molecule has 8 heteroatoms. The van der Waals surface area contributed by atoms with Gasteiger partial charge in [-0.3, -0.25) is 9.59 Å². The van der Waals surface area contributed by atoms with Crippen LogP contribution in [0, 0.1) is 0 Å². The number of ketones is 1. The van der Waals surface area contributed by atoms with Crippen LogP contribution in [0.25, 0.3) is 5.76 Å². The fourth-order valence-electron chi connectivity index (χ4n) is 3.64. The minimum atomic E-state index is -0.729. The van der Waals surface area contributed by atoms with Crippen LogP contribution in [0.2, 0.25) is 5.02 Å². The maximum absolute atomic E-state index is 13.0. The van der Waals surface area contributed by atoms with Crippen molar-refractivity contribution >= 4 is 29.1 Å². The van der Waals surface area contributed by atoms with Gasteiger partial charge in [0, 0.05) is 18.7 Å². The normalized spacial score (nSPS) is 17.8. The fraction of sp³-hybridized carbons (Fsp3) is 0.333. The largest absolute Gasteiger partial charge is 0.507 e. The Morgan fingerprint density at radius 3 is 2.44 bits per heavy atom. The third-order valence-corrected chi connectivity index (χ3v) is 5.57. The van der Waals surface area contributed by atoms with Crippen LogP contribution in [0.3, 0.4) is 0 Å². The number of Topliss-reactive ketones (excluding diaryl/α,β-unsaturated/α-hetero) is 1. The van der Waals surface area contributed by atoms with Crippen molar-refractivity contribution in [1.82, 2.24) is 9.80 Å². The third kappa shape index (κ3) is 4.74. The third-order valence-electron chi connectivity index (χ3n) is 5.26. The van der Waals surface area contributed by atoms with E-state index in [-0.39, 0.29) is 11.3 Å². The summed E-state index contributed by atoms with van der Waals surface area (Å²) < 4.78 is 10.7. The lowest BCUT2D eigenvalue weighted by Crippen LogP contribution is -2.35. The summed E-state index contributed by atoms with van der Waals surface area (Å²) in [7, 11) is 5.25. The van der Waals surface area contributed by atoms with E-state index >= 15 is 0 Å². The standard InChI is InChI=1S/C24H27ClN2O5/c1-5-32-17-9-6-15(7-10-17)21-20(23(29)24(30)27(21)13-12-26(2)3)22(28)16-8-11-18(25)19(14-16)31-4/h6-11,14,21,28H,5,12-13H2,1-4H3/b22-20-. The number of carbonyl (C=O) groups is 2. The molecule has 1 amide bonds. The van der Waals surface area contributed by atoms with Crippen LogP contribution in [0.4, 0.5) is 0 Å². The molecule has 1 atom stereocenters. The second-order valence-corrected chi connectivity index (χ2v) is 8.05. The van der Waals surface area contributed by atoms with E-state index < -0.39 is 17.7 Å². The van der Waals surface area contributed by atoms with Gasteiger partial charge in [0.25, 0.3) is 11.7 Å². The molecule has 2 aromatic carbocycles. The zero-order chi connectivity index (χ0) is 23.4. The summed E-state index contributed by atoms with van der Waals surface area (Å²) in [4.78, 5) is 29.4. The Morgan fingerprint density at radius 2 is 1.84 bits per heavy atom. The van der Waals surface area contributed by atoms with E-state index in [1.807, 2.05) is 25.9 Å². The van der Waals surface area contributed by atoms with E-state index in [0.717, 1.165) is 0 Å². The number of rotatable bonds is 8. The SMILES string of the molecule is CCOc1ccc(C2/C(=C(/O)c3ccc(Cl)c(OC)c3)C(=O)C(=O)N2CCN(C)C)cc1. The molecule has 0 radical (unpaired) electrons. The van der Waals surface area contributed by atoms with E-state index in [0.29, 0.717) is 47.3 Å². The molecule has 1 aliphatic heterocycles. The number of likely N-dealkylation sites (tertiary alicyclic amines) is 1. The molecule has 0 bridgehead atoms. The molecular formula is C24H27ClN2O5. The van der Waals surface area contributed by atoms with Gasteiger partial charge >= 0.3 is 0 Å². The molecule has 1 N–H and O–H groups in total. The number of ether oxygens (including phenoxy) is 2. The Labute approximate surface area is 192 Å². The van der Waals surface area contributed by atoms with Gasteiger partial charge in [0.05, 0.1) is 30.4 Å². The molecule has 1 fully saturated rings. The van der Waals surface area contributed by atoms with Crippen LogP contribution >= 0.6 is 11.6 Å². The van der Waals surface area contributed by atoms with Crippen molar-refractivity contribution < 1.29 is 24.2 Å². The van der Waals surface area contributed by atoms with Gasteiger partial charge in [-0.1, -0.05) is 23.7 Å². The Hall–Kier alpha value is -3.03. The number of hydrogen-bond donors (Lipinski definition) is 1. The van der Waals surface area contributed by atoms with Crippen LogP contribution in [0.5, 0.6) is 11.5 Å². The summed E-state index contributed by atoms with van der Waals surface area (Å²) in [6.45, 7) is 3.31. The molecular weight excluding hydrogens is 432 g/mol. The second-order valence-electron chi connectivity index (χ2n) is 7.65. The van der Waals surface area contributed by atoms with Crippen molar-refractivity contribution in [3.05, 3.63) is 64.2 Å². The Morgan fingerprint density at radius 1 is 1.16 bits per heavy atom. The minimum absolute atomic E-state index is 0.0299. The first kappa shape index (κ1) is 23.6. The smallest absolute Gasteiger partial charge is 0.295 e. The molecule has 3 rings (SSSR count). The zero-order valence-corrected chi connectivity index (χ0v) is 19.3. The fourth-order valence-corrected chi connectivity index (χ4v) is 3.84. The molecule has 0 spiro atoms. The minimum Gasteiger partial charge on any atom is -0.507 e. The number of likely N-dealkylation sites (N-methyl/N-ethyl adjacent to an activating group) is 1. The van der Waals surface area contributed by atoms with Gasteiger partial charge in [-0.15, -0.1) is 0 Å². The number of amides is 1. The molecule has 32 heavy (non-hydrogen) atoms. The van der Waals surface area contributed by atoms with Crippen molar-refractivity contribution in [1.29, 1.82) is 0 Å². The maximum Gasteiger partial charge on any atom is 0.295 e. The Kier molecular flexibility index (Phi) is 7.43. The van der Waals surface area contributed by atoms with Crippen molar-refractivity contribution in [2.24, 2.45) is 0 Å². The average Bonchev–Trinajstić information content (AvgIpc) is 3.03. The van der Waals surface area contributed by atoms with Crippen molar-refractivity contribution in [2.75, 3.05) is 40.9 Å². The topological polar surface area (TPSA) is 79.3 Å².